The van der Waals surface area contributed by atoms with Crippen LogP contribution in [-0.2, 0) is 0 Å². The zero-order valence-corrected chi connectivity index (χ0v) is 14.2. The molecule has 0 amide bonds. The second-order valence-electron chi connectivity index (χ2n) is 4.14. The van der Waals surface area contributed by atoms with Crippen LogP contribution in [0.4, 0.5) is 4.39 Å². The quantitative estimate of drug-likeness (QED) is 0.789. The van der Waals surface area contributed by atoms with Gasteiger partial charge >= 0.3 is 0 Å². The molecule has 6 heteroatoms. The van der Waals surface area contributed by atoms with Gasteiger partial charge in [0.25, 0.3) is 0 Å². The van der Waals surface area contributed by atoms with Crippen molar-refractivity contribution >= 4 is 38.9 Å². The lowest BCUT2D eigenvalue weighted by molar-refractivity contribution is 0.400. The van der Waals surface area contributed by atoms with Gasteiger partial charge in [-0.3, -0.25) is 0 Å². The maximum Gasteiger partial charge on any atom is 0.141 e. The highest BCUT2D eigenvalue weighted by molar-refractivity contribution is 9.10. The Morgan fingerprint density at radius 3 is 2.75 bits per heavy atom. The molecule has 0 aliphatic rings. The Balaban J connectivity index is 2.51. The molecular formula is C14H14BrClFNOS. The minimum absolute atomic E-state index is 0.0793. The van der Waals surface area contributed by atoms with E-state index in [2.05, 4.69) is 21.2 Å². The predicted octanol–water partition coefficient (Wildman–Crippen LogP) is 5.01. The molecule has 0 spiro atoms. The van der Waals surface area contributed by atoms with Crippen molar-refractivity contribution in [1.29, 1.82) is 0 Å². The molecule has 1 aromatic carbocycles. The summed E-state index contributed by atoms with van der Waals surface area (Å²) < 4.78 is 20.1. The Labute approximate surface area is 135 Å². The fraction of sp³-hybridized carbons (Fsp3) is 0.286. The van der Waals surface area contributed by atoms with Crippen LogP contribution in [0.25, 0.3) is 0 Å². The van der Waals surface area contributed by atoms with Crippen LogP contribution in [0, 0.1) is 5.82 Å². The maximum atomic E-state index is 13.6. The zero-order valence-electron chi connectivity index (χ0n) is 11.0. The van der Waals surface area contributed by atoms with Crippen molar-refractivity contribution in [3.05, 3.63) is 49.3 Å². The molecule has 20 heavy (non-hydrogen) atoms. The van der Waals surface area contributed by atoms with Crippen LogP contribution < -0.4 is 10.1 Å². The van der Waals surface area contributed by atoms with E-state index in [0.29, 0.717) is 10.2 Å². The SMILES string of the molecule is CCNC(c1ccc(Cl)s1)c1cc(Br)c(F)cc1OC. The molecule has 2 nitrogen and oxygen atoms in total. The predicted molar refractivity (Wildman–Crippen MR) is 85.5 cm³/mol. The molecule has 2 rings (SSSR count). The first-order valence-electron chi connectivity index (χ1n) is 6.08. The van der Waals surface area contributed by atoms with Crippen LogP contribution in [0.5, 0.6) is 5.75 Å². The average molecular weight is 379 g/mol. The number of halogens is 3. The number of hydrogen-bond acceptors (Lipinski definition) is 3. The van der Waals surface area contributed by atoms with Crippen molar-refractivity contribution in [3.63, 3.8) is 0 Å². The van der Waals surface area contributed by atoms with Gasteiger partial charge in [-0.05, 0) is 40.7 Å². The van der Waals surface area contributed by atoms with Crippen LogP contribution in [0.15, 0.2) is 28.7 Å². The molecule has 0 aliphatic heterocycles. The molecule has 1 unspecified atom stereocenters. The van der Waals surface area contributed by atoms with Crippen molar-refractivity contribution in [3.8, 4) is 5.75 Å². The third-order valence-corrected chi connectivity index (χ3v) is 4.77. The first-order valence-corrected chi connectivity index (χ1v) is 8.07. The molecule has 0 fully saturated rings. The molecule has 1 heterocycles. The van der Waals surface area contributed by atoms with Crippen molar-refractivity contribution in [2.45, 2.75) is 13.0 Å². The van der Waals surface area contributed by atoms with Gasteiger partial charge in [0.15, 0.2) is 0 Å². The Morgan fingerprint density at radius 1 is 1.45 bits per heavy atom. The van der Waals surface area contributed by atoms with E-state index < -0.39 is 0 Å². The minimum atomic E-state index is -0.343. The summed E-state index contributed by atoms with van der Waals surface area (Å²) in [5.74, 6) is 0.172. The van der Waals surface area contributed by atoms with Gasteiger partial charge in [0.1, 0.15) is 11.6 Å². The van der Waals surface area contributed by atoms with Gasteiger partial charge in [-0.25, -0.2) is 4.39 Å². The van der Waals surface area contributed by atoms with Crippen LogP contribution in [-0.4, -0.2) is 13.7 Å². The van der Waals surface area contributed by atoms with Crippen LogP contribution in [0.3, 0.4) is 0 Å². The fourth-order valence-electron chi connectivity index (χ4n) is 2.00. The van der Waals surface area contributed by atoms with E-state index in [1.54, 1.807) is 6.07 Å². The summed E-state index contributed by atoms with van der Waals surface area (Å²) in [4.78, 5) is 1.06. The molecule has 0 aliphatic carbocycles. The van der Waals surface area contributed by atoms with Crippen LogP contribution >= 0.6 is 38.9 Å². The fourth-order valence-corrected chi connectivity index (χ4v) is 3.51. The normalized spacial score (nSPS) is 12.4. The van der Waals surface area contributed by atoms with Gasteiger partial charge in [0, 0.05) is 16.5 Å². The van der Waals surface area contributed by atoms with Crippen molar-refractivity contribution < 1.29 is 9.13 Å². The van der Waals surface area contributed by atoms with Crippen molar-refractivity contribution in [2.24, 2.45) is 0 Å². The molecule has 1 aromatic heterocycles. The van der Waals surface area contributed by atoms with Gasteiger partial charge in [0.05, 0.1) is 22.0 Å². The third kappa shape index (κ3) is 3.34. The second-order valence-corrected chi connectivity index (χ2v) is 6.74. The van der Waals surface area contributed by atoms with Gasteiger partial charge in [-0.1, -0.05) is 18.5 Å². The number of nitrogens with one attached hydrogen (secondary N) is 1. The smallest absolute Gasteiger partial charge is 0.141 e. The monoisotopic (exact) mass is 377 g/mol. The van der Waals surface area contributed by atoms with E-state index in [-0.39, 0.29) is 11.9 Å². The minimum Gasteiger partial charge on any atom is -0.496 e. The summed E-state index contributed by atoms with van der Waals surface area (Å²) in [5, 5.41) is 3.38. The molecule has 0 radical (unpaired) electrons. The summed E-state index contributed by atoms with van der Waals surface area (Å²) in [7, 11) is 1.54. The molecule has 1 atom stereocenters. The number of rotatable bonds is 5. The van der Waals surface area contributed by atoms with Crippen LogP contribution in [0.1, 0.15) is 23.4 Å². The molecule has 0 saturated carbocycles. The third-order valence-electron chi connectivity index (χ3n) is 2.87. The maximum absolute atomic E-state index is 13.6. The summed E-state index contributed by atoms with van der Waals surface area (Å²) in [5.41, 5.74) is 0.876. The number of methoxy groups -OCH3 is 1. The number of ether oxygens (including phenoxy) is 1. The number of hydrogen-bond donors (Lipinski definition) is 1. The first-order chi connectivity index (χ1) is 9.56. The van der Waals surface area contributed by atoms with E-state index in [4.69, 9.17) is 16.3 Å². The lowest BCUT2D eigenvalue weighted by atomic mass is 10.0. The zero-order chi connectivity index (χ0) is 14.7. The van der Waals surface area contributed by atoms with E-state index >= 15 is 0 Å². The van der Waals surface area contributed by atoms with E-state index in [0.717, 1.165) is 21.3 Å². The van der Waals surface area contributed by atoms with E-state index in [1.807, 2.05) is 19.1 Å². The summed E-state index contributed by atoms with van der Waals surface area (Å²) in [6.45, 7) is 2.80. The Bertz CT molecular complexity index is 605. The van der Waals surface area contributed by atoms with E-state index in [9.17, 15) is 4.39 Å². The molecule has 108 valence electrons. The molecule has 1 N–H and O–H groups in total. The van der Waals surface area contributed by atoms with Crippen LogP contribution in [0.2, 0.25) is 4.34 Å². The first kappa shape index (κ1) is 15.8. The Kier molecular flexibility index (Phi) is 5.43. The highest BCUT2D eigenvalue weighted by Gasteiger charge is 2.21. The highest BCUT2D eigenvalue weighted by atomic mass is 79.9. The van der Waals surface area contributed by atoms with Gasteiger partial charge in [-0.2, -0.15) is 0 Å². The lowest BCUT2D eigenvalue weighted by Gasteiger charge is -2.20. The van der Waals surface area contributed by atoms with E-state index in [1.165, 1.54) is 24.5 Å². The number of benzene rings is 1. The van der Waals surface area contributed by atoms with Crippen molar-refractivity contribution in [2.75, 3.05) is 13.7 Å². The van der Waals surface area contributed by atoms with Gasteiger partial charge in [0.2, 0.25) is 0 Å². The Morgan fingerprint density at radius 2 is 2.20 bits per heavy atom. The molecule has 0 bridgehead atoms. The molecule has 2 aromatic rings. The van der Waals surface area contributed by atoms with Crippen molar-refractivity contribution in [1.82, 2.24) is 5.32 Å². The molecular weight excluding hydrogens is 365 g/mol. The topological polar surface area (TPSA) is 21.3 Å². The summed E-state index contributed by atoms with van der Waals surface area (Å²) in [6, 6.07) is 6.88. The Hall–Kier alpha value is -0.620. The number of thiophene rings is 1. The summed E-state index contributed by atoms with van der Waals surface area (Å²) >= 11 is 10.7. The second kappa shape index (κ2) is 6.89. The highest BCUT2D eigenvalue weighted by Crippen LogP contribution is 2.37. The van der Waals surface area contributed by atoms with Gasteiger partial charge in [-0.15, -0.1) is 11.3 Å². The molecule has 0 saturated heterocycles. The average Bonchev–Trinajstić information content (AvgIpc) is 2.85. The standard InChI is InChI=1S/C14H14BrClFNOS/c1-3-18-14(12-4-5-13(16)20-12)8-6-9(15)10(17)7-11(8)19-2/h4-7,14,18H,3H2,1-2H3. The van der Waals surface area contributed by atoms with Gasteiger partial charge < -0.3 is 10.1 Å². The summed E-state index contributed by atoms with van der Waals surface area (Å²) in [6.07, 6.45) is 0. The largest absolute Gasteiger partial charge is 0.496 e. The lowest BCUT2D eigenvalue weighted by Crippen LogP contribution is -2.21.